The summed E-state index contributed by atoms with van der Waals surface area (Å²) in [6, 6.07) is 4.28. The van der Waals surface area contributed by atoms with Gasteiger partial charge in [0.05, 0.1) is 6.61 Å². The van der Waals surface area contributed by atoms with E-state index in [1.165, 1.54) is 18.3 Å². The molecular weight excluding hydrogens is 292 g/mol. The number of aliphatic hydroxyl groups excluding tert-OH is 1. The Morgan fingerprint density at radius 2 is 2.10 bits per heavy atom. The number of furan rings is 1. The Morgan fingerprint density at radius 3 is 2.57 bits per heavy atom. The Labute approximate surface area is 123 Å². The molecule has 0 saturated carbocycles. The van der Waals surface area contributed by atoms with Crippen LogP contribution in [-0.4, -0.2) is 18.5 Å². The Bertz CT molecular complexity index is 720. The highest BCUT2D eigenvalue weighted by Gasteiger charge is 2.22. The molecule has 114 valence electrons. The van der Waals surface area contributed by atoms with Crippen LogP contribution in [0.5, 0.6) is 0 Å². The molecule has 0 amide bonds. The monoisotopic (exact) mass is 310 g/mol. The first kappa shape index (κ1) is 15.7. The minimum absolute atomic E-state index is 0.0792. The van der Waals surface area contributed by atoms with Crippen LogP contribution in [0.15, 0.2) is 33.8 Å². The second-order valence-corrected chi connectivity index (χ2v) is 6.54. The number of sulfonamides is 1. The largest absolute Gasteiger partial charge is 0.466 e. The highest BCUT2D eigenvalue weighted by atomic mass is 32.2. The molecule has 7 heteroatoms. The van der Waals surface area contributed by atoms with Gasteiger partial charge in [-0.15, -0.1) is 0 Å². The normalized spacial score (nSPS) is 13.3. The highest BCUT2D eigenvalue weighted by molar-refractivity contribution is 7.89. The van der Waals surface area contributed by atoms with Crippen LogP contribution in [0.25, 0.3) is 0 Å². The molecule has 21 heavy (non-hydrogen) atoms. The van der Waals surface area contributed by atoms with Crippen LogP contribution < -0.4 is 4.72 Å². The molecule has 0 aromatic carbocycles. The van der Waals surface area contributed by atoms with Crippen LogP contribution in [0.4, 0.5) is 0 Å². The van der Waals surface area contributed by atoms with E-state index in [0.717, 1.165) is 11.3 Å². The Hall–Kier alpha value is -1.70. The smallest absolute Gasteiger partial charge is 0.258 e. The van der Waals surface area contributed by atoms with Crippen molar-refractivity contribution in [3.63, 3.8) is 0 Å². The first-order valence-corrected chi connectivity index (χ1v) is 7.97. The summed E-state index contributed by atoms with van der Waals surface area (Å²) in [5.41, 5.74) is 1.35. The second kappa shape index (κ2) is 5.97. The average Bonchev–Trinajstić information content (AvgIpc) is 2.77. The van der Waals surface area contributed by atoms with Crippen molar-refractivity contribution < 1.29 is 17.9 Å². The summed E-state index contributed by atoms with van der Waals surface area (Å²) in [6.45, 7) is 5.18. The molecule has 0 aliphatic rings. The van der Waals surface area contributed by atoms with Gasteiger partial charge in [0.2, 0.25) is 0 Å². The van der Waals surface area contributed by atoms with Crippen LogP contribution >= 0.6 is 0 Å². The maximum absolute atomic E-state index is 12.3. The molecule has 0 aliphatic carbocycles. The van der Waals surface area contributed by atoms with Gasteiger partial charge in [-0.05, 0) is 38.5 Å². The molecular formula is C14H18N2O4S. The Kier molecular flexibility index (Phi) is 4.46. The summed E-state index contributed by atoms with van der Waals surface area (Å²) >= 11 is 0. The topological polar surface area (TPSA) is 92.4 Å². The number of nitrogens with one attached hydrogen (secondary N) is 1. The first-order chi connectivity index (χ1) is 9.83. The van der Waals surface area contributed by atoms with Gasteiger partial charge < -0.3 is 9.52 Å². The molecule has 2 aromatic rings. The molecule has 0 fully saturated rings. The minimum Gasteiger partial charge on any atom is -0.466 e. The van der Waals surface area contributed by atoms with Gasteiger partial charge >= 0.3 is 0 Å². The summed E-state index contributed by atoms with van der Waals surface area (Å²) in [6.07, 6.45) is 1.34. The van der Waals surface area contributed by atoms with Crippen molar-refractivity contribution in [3.8, 4) is 0 Å². The predicted molar refractivity (Wildman–Crippen MR) is 77.1 cm³/mol. The summed E-state index contributed by atoms with van der Waals surface area (Å²) in [4.78, 5) is 3.86. The number of hydrogen-bond donors (Lipinski definition) is 2. The molecule has 0 saturated heterocycles. The van der Waals surface area contributed by atoms with Crippen LogP contribution in [-0.2, 0) is 16.6 Å². The predicted octanol–water partition coefficient (Wildman–Crippen LogP) is 1.82. The van der Waals surface area contributed by atoms with Crippen LogP contribution in [0.2, 0.25) is 0 Å². The summed E-state index contributed by atoms with van der Waals surface area (Å²) in [5, 5.41) is 8.86. The molecule has 2 rings (SSSR count). The third kappa shape index (κ3) is 3.49. The van der Waals surface area contributed by atoms with Crippen molar-refractivity contribution in [2.75, 3.05) is 0 Å². The van der Waals surface area contributed by atoms with Crippen molar-refractivity contribution in [1.29, 1.82) is 0 Å². The summed E-state index contributed by atoms with van der Waals surface area (Å²) in [5.74, 6) is 1.42. The van der Waals surface area contributed by atoms with Crippen molar-refractivity contribution in [2.45, 2.75) is 38.4 Å². The quantitative estimate of drug-likeness (QED) is 0.879. The molecule has 0 spiro atoms. The van der Waals surface area contributed by atoms with Crippen molar-refractivity contribution in [2.24, 2.45) is 0 Å². The highest BCUT2D eigenvalue weighted by Crippen LogP contribution is 2.22. The van der Waals surface area contributed by atoms with Crippen LogP contribution in [0, 0.1) is 13.8 Å². The van der Waals surface area contributed by atoms with E-state index < -0.39 is 16.1 Å². The number of hydrogen-bond acceptors (Lipinski definition) is 5. The van der Waals surface area contributed by atoms with Gasteiger partial charge in [-0.25, -0.2) is 18.1 Å². The van der Waals surface area contributed by atoms with Crippen LogP contribution in [0.1, 0.15) is 35.6 Å². The van der Waals surface area contributed by atoms with E-state index in [-0.39, 0.29) is 11.6 Å². The zero-order valence-corrected chi connectivity index (χ0v) is 12.9. The fourth-order valence-corrected chi connectivity index (χ4v) is 3.25. The SMILES string of the molecule is Cc1cc(C(C)NS(=O)(=O)c2ccc(CO)cn2)c(C)o1. The van der Waals surface area contributed by atoms with E-state index in [2.05, 4.69) is 9.71 Å². The minimum atomic E-state index is -3.72. The lowest BCUT2D eigenvalue weighted by Gasteiger charge is -2.13. The Morgan fingerprint density at radius 1 is 1.38 bits per heavy atom. The molecule has 0 aliphatic heterocycles. The number of aromatic nitrogens is 1. The van der Waals surface area contributed by atoms with E-state index in [1.54, 1.807) is 13.8 Å². The van der Waals surface area contributed by atoms with E-state index in [1.807, 2.05) is 13.0 Å². The number of aliphatic hydroxyl groups is 1. The zero-order valence-electron chi connectivity index (χ0n) is 12.1. The van der Waals surface area contributed by atoms with Gasteiger partial charge in [-0.3, -0.25) is 0 Å². The van der Waals surface area contributed by atoms with Gasteiger partial charge in [0.1, 0.15) is 11.5 Å². The molecule has 2 aromatic heterocycles. The lowest BCUT2D eigenvalue weighted by atomic mass is 10.1. The van der Waals surface area contributed by atoms with E-state index in [0.29, 0.717) is 11.3 Å². The second-order valence-electron chi connectivity index (χ2n) is 4.87. The van der Waals surface area contributed by atoms with Gasteiger partial charge in [0, 0.05) is 17.8 Å². The molecule has 2 heterocycles. The first-order valence-electron chi connectivity index (χ1n) is 6.48. The van der Waals surface area contributed by atoms with Crippen molar-refractivity contribution >= 4 is 10.0 Å². The molecule has 6 nitrogen and oxygen atoms in total. The van der Waals surface area contributed by atoms with Gasteiger partial charge in [-0.2, -0.15) is 0 Å². The summed E-state index contributed by atoms with van der Waals surface area (Å²) in [7, 11) is -3.72. The van der Waals surface area contributed by atoms with Gasteiger partial charge in [0.25, 0.3) is 10.0 Å². The fourth-order valence-electron chi connectivity index (χ4n) is 2.10. The summed E-state index contributed by atoms with van der Waals surface area (Å²) < 4.78 is 32.5. The Balaban J connectivity index is 2.22. The third-order valence-electron chi connectivity index (χ3n) is 3.13. The maximum atomic E-state index is 12.3. The lowest BCUT2D eigenvalue weighted by molar-refractivity contribution is 0.281. The fraction of sp³-hybridized carbons (Fsp3) is 0.357. The number of pyridine rings is 1. The molecule has 1 unspecified atom stereocenters. The molecule has 2 N–H and O–H groups in total. The van der Waals surface area contributed by atoms with Crippen LogP contribution in [0.3, 0.4) is 0 Å². The van der Waals surface area contributed by atoms with E-state index >= 15 is 0 Å². The van der Waals surface area contributed by atoms with E-state index in [4.69, 9.17) is 9.52 Å². The lowest BCUT2D eigenvalue weighted by Crippen LogP contribution is -2.27. The third-order valence-corrected chi connectivity index (χ3v) is 4.59. The number of nitrogens with zero attached hydrogens (tertiary/aromatic N) is 1. The number of rotatable bonds is 5. The van der Waals surface area contributed by atoms with Crippen molar-refractivity contribution in [3.05, 3.63) is 47.0 Å². The zero-order chi connectivity index (χ0) is 15.6. The van der Waals surface area contributed by atoms with Gasteiger partial charge in [-0.1, -0.05) is 6.07 Å². The number of aryl methyl sites for hydroxylation is 2. The molecule has 0 bridgehead atoms. The van der Waals surface area contributed by atoms with Crippen molar-refractivity contribution in [1.82, 2.24) is 9.71 Å². The molecule has 0 radical (unpaired) electrons. The van der Waals surface area contributed by atoms with E-state index in [9.17, 15) is 8.42 Å². The standard InChI is InChI=1S/C14H18N2O4S/c1-9-6-13(11(3)20-9)10(2)16-21(18,19)14-5-4-12(8-17)7-15-14/h4-7,10,16-17H,8H2,1-3H3. The molecule has 1 atom stereocenters. The van der Waals surface area contributed by atoms with Gasteiger partial charge in [0.15, 0.2) is 5.03 Å². The maximum Gasteiger partial charge on any atom is 0.258 e. The average molecular weight is 310 g/mol.